The largest absolute Gasteiger partial charge is 0.417 e. The third kappa shape index (κ3) is 1.67. The molecule has 6 heteroatoms. The molecule has 0 saturated carbocycles. The molecule has 20 heavy (non-hydrogen) atoms. The fraction of sp³-hybridized carbons (Fsp3) is 0.214. The Bertz CT molecular complexity index is 864. The fourth-order valence-electron chi connectivity index (χ4n) is 2.48. The molecule has 0 saturated heterocycles. The summed E-state index contributed by atoms with van der Waals surface area (Å²) in [4.78, 5) is 21.0. The topological polar surface area (TPSA) is 60.9 Å². The second-order valence-electron chi connectivity index (χ2n) is 4.77. The first-order valence-electron chi connectivity index (χ1n) is 6.38. The Morgan fingerprint density at radius 3 is 2.80 bits per heavy atom. The molecule has 1 aromatic carbocycles. The van der Waals surface area contributed by atoms with Gasteiger partial charge in [-0.25, -0.2) is 4.98 Å². The molecular formula is C14H10ClN3O2. The summed E-state index contributed by atoms with van der Waals surface area (Å²) in [6, 6.07) is 7.12. The molecule has 3 heterocycles. The van der Waals surface area contributed by atoms with Crippen molar-refractivity contribution in [2.75, 3.05) is 0 Å². The summed E-state index contributed by atoms with van der Waals surface area (Å²) in [5, 5.41) is 0.641. The van der Waals surface area contributed by atoms with E-state index in [-0.39, 0.29) is 5.56 Å². The molecule has 5 nitrogen and oxygen atoms in total. The van der Waals surface area contributed by atoms with Gasteiger partial charge >= 0.3 is 0 Å². The maximum atomic E-state index is 12.3. The molecule has 0 amide bonds. The number of halogens is 1. The molecular weight excluding hydrogens is 278 g/mol. The van der Waals surface area contributed by atoms with Gasteiger partial charge in [-0.3, -0.25) is 9.36 Å². The summed E-state index contributed by atoms with van der Waals surface area (Å²) < 4.78 is 7.30. The van der Waals surface area contributed by atoms with Crippen LogP contribution in [-0.2, 0) is 13.0 Å². The highest BCUT2D eigenvalue weighted by atomic mass is 35.5. The lowest BCUT2D eigenvalue weighted by molar-refractivity contribution is 0.602. The number of benzene rings is 1. The summed E-state index contributed by atoms with van der Waals surface area (Å²) in [7, 11) is 0. The summed E-state index contributed by atoms with van der Waals surface area (Å²) in [6.07, 6.45) is 1.75. The lowest BCUT2D eigenvalue weighted by Gasteiger charge is -1.98. The van der Waals surface area contributed by atoms with Gasteiger partial charge in [0.1, 0.15) is 5.82 Å². The second-order valence-corrected chi connectivity index (χ2v) is 5.20. The minimum Gasteiger partial charge on any atom is -0.417 e. The Balaban J connectivity index is 1.94. The summed E-state index contributed by atoms with van der Waals surface area (Å²) in [5.41, 5.74) is 1.26. The van der Waals surface area contributed by atoms with E-state index < -0.39 is 0 Å². The van der Waals surface area contributed by atoms with Crippen LogP contribution in [0, 0.1) is 0 Å². The maximum Gasteiger partial charge on any atom is 0.283 e. The predicted molar refractivity (Wildman–Crippen MR) is 74.8 cm³/mol. The second kappa shape index (κ2) is 4.18. The quantitative estimate of drug-likeness (QED) is 0.690. The van der Waals surface area contributed by atoms with Crippen LogP contribution in [0.4, 0.5) is 0 Å². The molecule has 0 atom stereocenters. The molecule has 0 aliphatic carbocycles. The van der Waals surface area contributed by atoms with E-state index in [1.165, 1.54) is 0 Å². The number of hydrogen-bond donors (Lipinski definition) is 0. The Morgan fingerprint density at radius 2 is 2.00 bits per heavy atom. The van der Waals surface area contributed by atoms with Crippen LogP contribution in [0.5, 0.6) is 0 Å². The zero-order valence-electron chi connectivity index (χ0n) is 10.5. The zero-order valence-corrected chi connectivity index (χ0v) is 11.2. The monoisotopic (exact) mass is 287 g/mol. The number of hydrogen-bond acceptors (Lipinski definition) is 4. The number of aromatic nitrogens is 3. The molecule has 2 aromatic heterocycles. The van der Waals surface area contributed by atoms with Gasteiger partial charge in [-0.1, -0.05) is 11.6 Å². The molecule has 1 aliphatic heterocycles. The molecule has 0 unspecified atom stereocenters. The number of rotatable bonds is 1. The van der Waals surface area contributed by atoms with E-state index in [1.54, 1.807) is 28.8 Å². The normalized spacial score (nSPS) is 13.8. The third-order valence-corrected chi connectivity index (χ3v) is 3.72. The van der Waals surface area contributed by atoms with Gasteiger partial charge in [0.15, 0.2) is 5.52 Å². The van der Waals surface area contributed by atoms with Gasteiger partial charge in [-0.15, -0.1) is 0 Å². The summed E-state index contributed by atoms with van der Waals surface area (Å²) in [5.74, 6) is 1.17. The molecule has 0 bridgehead atoms. The van der Waals surface area contributed by atoms with E-state index in [9.17, 15) is 4.79 Å². The molecule has 0 N–H and O–H groups in total. The lowest BCUT2D eigenvalue weighted by Crippen LogP contribution is -2.20. The Labute approximate surface area is 118 Å². The van der Waals surface area contributed by atoms with Crippen molar-refractivity contribution in [1.29, 1.82) is 0 Å². The fourth-order valence-corrected chi connectivity index (χ4v) is 2.61. The Hall–Kier alpha value is -2.14. The van der Waals surface area contributed by atoms with Gasteiger partial charge in [0.2, 0.25) is 5.89 Å². The van der Waals surface area contributed by atoms with Gasteiger partial charge < -0.3 is 4.42 Å². The number of aryl methyl sites for hydroxylation is 1. The maximum absolute atomic E-state index is 12.3. The molecule has 4 rings (SSSR count). The van der Waals surface area contributed by atoms with Gasteiger partial charge in [-0.05, 0) is 30.7 Å². The standard InChI is InChI=1S/C14H10ClN3O2/c15-9-5-3-8(4-6-9)12-17-11-13(20-12)16-10-2-1-7-18(10)14(11)19/h3-6H,1-2,7H2. The Morgan fingerprint density at radius 1 is 1.20 bits per heavy atom. The average Bonchev–Trinajstić information content (AvgIpc) is 3.06. The minimum atomic E-state index is -0.119. The van der Waals surface area contributed by atoms with E-state index in [1.807, 2.05) is 0 Å². The van der Waals surface area contributed by atoms with Gasteiger partial charge in [0, 0.05) is 23.6 Å². The van der Waals surface area contributed by atoms with Gasteiger partial charge in [0.25, 0.3) is 11.3 Å². The van der Waals surface area contributed by atoms with Crippen molar-refractivity contribution in [2.24, 2.45) is 0 Å². The lowest BCUT2D eigenvalue weighted by atomic mass is 10.2. The third-order valence-electron chi connectivity index (χ3n) is 3.47. The van der Waals surface area contributed by atoms with Crippen molar-refractivity contribution in [1.82, 2.24) is 14.5 Å². The highest BCUT2D eigenvalue weighted by Crippen LogP contribution is 2.24. The number of oxazole rings is 1. The van der Waals surface area contributed by atoms with Crippen molar-refractivity contribution in [3.05, 3.63) is 45.5 Å². The van der Waals surface area contributed by atoms with Crippen LogP contribution in [-0.4, -0.2) is 14.5 Å². The van der Waals surface area contributed by atoms with Crippen LogP contribution in [0.3, 0.4) is 0 Å². The predicted octanol–water partition coefficient (Wildman–Crippen LogP) is 2.65. The molecule has 1 aliphatic rings. The van der Waals surface area contributed by atoms with E-state index in [4.69, 9.17) is 16.0 Å². The van der Waals surface area contributed by atoms with E-state index in [0.717, 1.165) is 24.2 Å². The van der Waals surface area contributed by atoms with Crippen LogP contribution in [0.15, 0.2) is 33.5 Å². The van der Waals surface area contributed by atoms with Crippen LogP contribution in [0.25, 0.3) is 22.7 Å². The highest BCUT2D eigenvalue weighted by molar-refractivity contribution is 6.30. The summed E-state index contributed by atoms with van der Waals surface area (Å²) >= 11 is 5.85. The minimum absolute atomic E-state index is 0.119. The van der Waals surface area contributed by atoms with E-state index in [2.05, 4.69) is 9.97 Å². The number of nitrogens with zero attached hydrogens (tertiary/aromatic N) is 3. The van der Waals surface area contributed by atoms with Crippen molar-refractivity contribution in [2.45, 2.75) is 19.4 Å². The molecule has 3 aromatic rings. The molecule has 0 spiro atoms. The number of fused-ring (bicyclic) bond motifs is 2. The van der Waals surface area contributed by atoms with Crippen LogP contribution in [0.1, 0.15) is 12.2 Å². The van der Waals surface area contributed by atoms with E-state index in [0.29, 0.717) is 28.7 Å². The zero-order chi connectivity index (χ0) is 13.7. The van der Waals surface area contributed by atoms with Crippen molar-refractivity contribution >= 4 is 22.8 Å². The first-order chi connectivity index (χ1) is 9.72. The first kappa shape index (κ1) is 11.7. The van der Waals surface area contributed by atoms with Crippen molar-refractivity contribution < 1.29 is 4.42 Å². The van der Waals surface area contributed by atoms with Crippen LogP contribution >= 0.6 is 11.6 Å². The summed E-state index contributed by atoms with van der Waals surface area (Å²) in [6.45, 7) is 0.709. The van der Waals surface area contributed by atoms with Gasteiger partial charge in [0.05, 0.1) is 0 Å². The van der Waals surface area contributed by atoms with Crippen molar-refractivity contribution in [3.63, 3.8) is 0 Å². The first-order valence-corrected chi connectivity index (χ1v) is 6.76. The van der Waals surface area contributed by atoms with Crippen LogP contribution in [0.2, 0.25) is 5.02 Å². The average molecular weight is 288 g/mol. The molecule has 0 radical (unpaired) electrons. The smallest absolute Gasteiger partial charge is 0.283 e. The van der Waals surface area contributed by atoms with Crippen molar-refractivity contribution in [3.8, 4) is 11.5 Å². The van der Waals surface area contributed by atoms with Crippen LogP contribution < -0.4 is 5.56 Å². The highest BCUT2D eigenvalue weighted by Gasteiger charge is 2.20. The Kier molecular flexibility index (Phi) is 2.44. The molecule has 0 fully saturated rings. The van der Waals surface area contributed by atoms with Gasteiger partial charge in [-0.2, -0.15) is 4.98 Å². The SMILES string of the molecule is O=c1c2nc(-c3ccc(Cl)cc3)oc2nc2n1CCC2. The molecule has 100 valence electrons. The van der Waals surface area contributed by atoms with E-state index >= 15 is 0 Å².